The van der Waals surface area contributed by atoms with Crippen LogP contribution in [-0.2, 0) is 6.54 Å². The fourth-order valence-electron chi connectivity index (χ4n) is 2.64. The second kappa shape index (κ2) is 6.32. The molecule has 2 rings (SSSR count). The number of aliphatic hydroxyl groups excluding tert-OH is 1. The van der Waals surface area contributed by atoms with Crippen molar-refractivity contribution in [2.45, 2.75) is 52.3 Å². The van der Waals surface area contributed by atoms with E-state index in [1.807, 2.05) is 6.07 Å². The number of rotatable bonds is 3. The summed E-state index contributed by atoms with van der Waals surface area (Å²) >= 11 is 0. The predicted molar refractivity (Wildman–Crippen MR) is 85.0 cm³/mol. The smallest absolute Gasteiger partial charge is 0.129 e. The van der Waals surface area contributed by atoms with Gasteiger partial charge in [0.05, 0.1) is 6.10 Å². The molecule has 1 heterocycles. The van der Waals surface area contributed by atoms with Gasteiger partial charge in [0.1, 0.15) is 5.82 Å². The van der Waals surface area contributed by atoms with Gasteiger partial charge < -0.3 is 15.3 Å². The topological polar surface area (TPSA) is 35.5 Å². The van der Waals surface area contributed by atoms with E-state index in [0.29, 0.717) is 24.6 Å². The molecule has 0 aliphatic carbocycles. The van der Waals surface area contributed by atoms with E-state index >= 15 is 0 Å². The molecule has 1 aliphatic heterocycles. The Morgan fingerprint density at radius 1 is 1.38 bits per heavy atom. The Hall–Kier alpha value is -1.13. The molecule has 1 aromatic rings. The maximum Gasteiger partial charge on any atom is 0.129 e. The molecular formula is C17H27FN2O. The van der Waals surface area contributed by atoms with Gasteiger partial charge in [-0.2, -0.15) is 0 Å². The minimum absolute atomic E-state index is 0.0600. The molecule has 2 N–H and O–H groups in total. The highest BCUT2D eigenvalue weighted by Crippen LogP contribution is 2.28. The zero-order chi connectivity index (χ0) is 15.6. The highest BCUT2D eigenvalue weighted by atomic mass is 19.1. The van der Waals surface area contributed by atoms with Gasteiger partial charge in [0, 0.05) is 36.4 Å². The standard InChI is InChI=1S/C17H27FN2O/c1-12-8-9-20(11-16(12)21)15-7-5-6-14(18)13(15)10-19-17(2,3)4/h5-7,12,16,19,21H,8-11H2,1-4H3. The Labute approximate surface area is 127 Å². The number of anilines is 1. The van der Waals surface area contributed by atoms with Gasteiger partial charge in [-0.25, -0.2) is 4.39 Å². The van der Waals surface area contributed by atoms with Crippen LogP contribution in [0.1, 0.15) is 39.7 Å². The quantitative estimate of drug-likeness (QED) is 0.900. The molecule has 0 saturated carbocycles. The van der Waals surface area contributed by atoms with Gasteiger partial charge in [-0.3, -0.25) is 0 Å². The van der Waals surface area contributed by atoms with Crippen LogP contribution in [0.2, 0.25) is 0 Å². The first-order valence-corrected chi connectivity index (χ1v) is 7.73. The normalized spacial score (nSPS) is 23.4. The van der Waals surface area contributed by atoms with Crippen molar-refractivity contribution in [3.8, 4) is 0 Å². The summed E-state index contributed by atoms with van der Waals surface area (Å²) in [4.78, 5) is 2.10. The number of piperidine rings is 1. The zero-order valence-electron chi connectivity index (χ0n) is 13.5. The molecular weight excluding hydrogens is 267 g/mol. The molecule has 118 valence electrons. The van der Waals surface area contributed by atoms with E-state index in [-0.39, 0.29) is 17.5 Å². The number of nitrogens with one attached hydrogen (secondary N) is 1. The summed E-state index contributed by atoms with van der Waals surface area (Å²) in [5, 5.41) is 13.4. The Bertz CT molecular complexity index is 484. The first kappa shape index (κ1) is 16.2. The maximum atomic E-state index is 14.2. The van der Waals surface area contributed by atoms with Crippen molar-refractivity contribution >= 4 is 5.69 Å². The monoisotopic (exact) mass is 294 g/mol. The first-order valence-electron chi connectivity index (χ1n) is 7.73. The van der Waals surface area contributed by atoms with Crippen molar-refractivity contribution in [1.82, 2.24) is 5.32 Å². The molecule has 1 aliphatic rings. The lowest BCUT2D eigenvalue weighted by molar-refractivity contribution is 0.103. The number of hydrogen-bond donors (Lipinski definition) is 2. The molecule has 2 unspecified atom stereocenters. The summed E-state index contributed by atoms with van der Waals surface area (Å²) in [7, 11) is 0. The van der Waals surface area contributed by atoms with Crippen LogP contribution < -0.4 is 10.2 Å². The van der Waals surface area contributed by atoms with Gasteiger partial charge in [0.25, 0.3) is 0 Å². The van der Waals surface area contributed by atoms with E-state index in [2.05, 4.69) is 37.9 Å². The van der Waals surface area contributed by atoms with Crippen LogP contribution in [0.3, 0.4) is 0 Å². The minimum Gasteiger partial charge on any atom is -0.391 e. The van der Waals surface area contributed by atoms with Gasteiger partial charge in [0.15, 0.2) is 0 Å². The van der Waals surface area contributed by atoms with Crippen LogP contribution >= 0.6 is 0 Å². The van der Waals surface area contributed by atoms with E-state index in [9.17, 15) is 9.50 Å². The molecule has 1 fully saturated rings. The average Bonchev–Trinajstić information content (AvgIpc) is 2.39. The Balaban J connectivity index is 2.21. The molecule has 4 heteroatoms. The molecule has 0 bridgehead atoms. The van der Waals surface area contributed by atoms with E-state index in [1.54, 1.807) is 6.07 Å². The fourth-order valence-corrected chi connectivity index (χ4v) is 2.64. The number of β-amino-alcohol motifs (C(OH)–C–C–N with tert-alkyl or cyclic N) is 1. The molecule has 0 aromatic heterocycles. The third-order valence-electron chi connectivity index (χ3n) is 4.15. The molecule has 0 radical (unpaired) electrons. The number of benzene rings is 1. The summed E-state index contributed by atoms with van der Waals surface area (Å²) in [6, 6.07) is 5.20. The van der Waals surface area contributed by atoms with E-state index < -0.39 is 0 Å². The average molecular weight is 294 g/mol. The van der Waals surface area contributed by atoms with Crippen LogP contribution in [0.5, 0.6) is 0 Å². The summed E-state index contributed by atoms with van der Waals surface area (Å²) in [5.74, 6) is 0.128. The van der Waals surface area contributed by atoms with Crippen LogP contribution in [0, 0.1) is 11.7 Å². The van der Waals surface area contributed by atoms with Gasteiger partial charge >= 0.3 is 0 Å². The molecule has 1 saturated heterocycles. The number of halogens is 1. The molecule has 3 nitrogen and oxygen atoms in total. The molecule has 0 spiro atoms. The first-order chi connectivity index (χ1) is 9.78. The molecule has 1 aromatic carbocycles. The lowest BCUT2D eigenvalue weighted by atomic mass is 9.95. The third kappa shape index (κ3) is 4.17. The molecule has 2 atom stereocenters. The number of aliphatic hydroxyl groups is 1. The van der Waals surface area contributed by atoms with Gasteiger partial charge in [-0.15, -0.1) is 0 Å². The number of nitrogens with zero attached hydrogens (tertiary/aromatic N) is 1. The van der Waals surface area contributed by atoms with Crippen molar-refractivity contribution in [2.24, 2.45) is 5.92 Å². The summed E-state index contributed by atoms with van der Waals surface area (Å²) in [6.45, 7) is 10.2. The van der Waals surface area contributed by atoms with Crippen molar-refractivity contribution in [2.75, 3.05) is 18.0 Å². The highest BCUT2D eigenvalue weighted by molar-refractivity contribution is 5.54. The third-order valence-corrected chi connectivity index (χ3v) is 4.15. The lowest BCUT2D eigenvalue weighted by Crippen LogP contribution is -2.44. The van der Waals surface area contributed by atoms with Crippen molar-refractivity contribution in [3.63, 3.8) is 0 Å². The molecule has 21 heavy (non-hydrogen) atoms. The Morgan fingerprint density at radius 2 is 2.10 bits per heavy atom. The number of hydrogen-bond acceptors (Lipinski definition) is 3. The summed E-state index contributed by atoms with van der Waals surface area (Å²) in [6.07, 6.45) is 0.592. The zero-order valence-corrected chi connectivity index (χ0v) is 13.5. The predicted octanol–water partition coefficient (Wildman–Crippen LogP) is 2.92. The molecule has 0 amide bonds. The van der Waals surface area contributed by atoms with Crippen LogP contribution in [0.25, 0.3) is 0 Å². The summed E-state index contributed by atoms with van der Waals surface area (Å²) in [5.41, 5.74) is 1.53. The van der Waals surface area contributed by atoms with Crippen LogP contribution in [-0.4, -0.2) is 29.8 Å². The van der Waals surface area contributed by atoms with Gasteiger partial charge in [0.2, 0.25) is 0 Å². The van der Waals surface area contributed by atoms with Gasteiger partial charge in [-0.1, -0.05) is 13.0 Å². The van der Waals surface area contributed by atoms with E-state index in [1.165, 1.54) is 6.07 Å². The highest BCUT2D eigenvalue weighted by Gasteiger charge is 2.26. The lowest BCUT2D eigenvalue weighted by Gasteiger charge is -2.37. The fraction of sp³-hybridized carbons (Fsp3) is 0.647. The van der Waals surface area contributed by atoms with Crippen molar-refractivity contribution in [1.29, 1.82) is 0 Å². The van der Waals surface area contributed by atoms with Gasteiger partial charge in [-0.05, 0) is 45.2 Å². The minimum atomic E-state index is -0.342. The van der Waals surface area contributed by atoms with Crippen molar-refractivity contribution < 1.29 is 9.50 Å². The van der Waals surface area contributed by atoms with Crippen LogP contribution in [0.4, 0.5) is 10.1 Å². The summed E-state index contributed by atoms with van der Waals surface area (Å²) < 4.78 is 14.2. The maximum absolute atomic E-state index is 14.2. The van der Waals surface area contributed by atoms with E-state index in [0.717, 1.165) is 18.7 Å². The Kier molecular flexibility index (Phi) is 4.89. The second-order valence-corrected chi connectivity index (χ2v) is 7.12. The van der Waals surface area contributed by atoms with E-state index in [4.69, 9.17) is 0 Å². The van der Waals surface area contributed by atoms with Crippen LogP contribution in [0.15, 0.2) is 18.2 Å². The second-order valence-electron chi connectivity index (χ2n) is 7.12. The largest absolute Gasteiger partial charge is 0.391 e. The Morgan fingerprint density at radius 3 is 2.71 bits per heavy atom. The SMILES string of the molecule is CC1CCN(c2cccc(F)c2CNC(C)(C)C)CC1O. The van der Waals surface area contributed by atoms with Crippen molar-refractivity contribution in [3.05, 3.63) is 29.6 Å².